The van der Waals surface area contributed by atoms with Crippen LogP contribution in [0.5, 0.6) is 0 Å². The van der Waals surface area contributed by atoms with Gasteiger partial charge in [-0.2, -0.15) is 13.2 Å². The molecule has 0 bridgehead atoms. The molecule has 0 aliphatic heterocycles. The standard InChI is InChI=1S/C25H27F3N6O6S/c1-5-31-24(37)34-20-18(23(36)40-4)17(15(11-32-20)13-8-14(10-30-9-13)22(35)39-3)21-33-19(25(26,27)28)16(41-21)12-29-6-7-38-2/h8-11,29H,5-7,12H2,1-4H3,(H2,31,32,34,37). The number of carbonyl (C=O) groups is 3. The lowest BCUT2D eigenvalue weighted by Crippen LogP contribution is -2.29. The van der Waals surface area contributed by atoms with Crippen LogP contribution in [-0.2, 0) is 26.9 Å². The Hall–Kier alpha value is -4.15. The third-order valence-corrected chi connectivity index (χ3v) is 6.53. The molecule has 3 aromatic heterocycles. The third kappa shape index (κ3) is 7.53. The molecule has 0 unspecified atom stereocenters. The van der Waals surface area contributed by atoms with Crippen molar-refractivity contribution in [2.75, 3.05) is 46.3 Å². The number of pyridine rings is 2. The lowest BCUT2D eigenvalue weighted by atomic mass is 9.97. The van der Waals surface area contributed by atoms with Gasteiger partial charge in [0.05, 0.1) is 31.3 Å². The number of thiazole rings is 1. The first-order valence-corrected chi connectivity index (χ1v) is 12.8. The second-order valence-corrected chi connectivity index (χ2v) is 9.24. The number of ether oxygens (including phenoxy) is 3. The van der Waals surface area contributed by atoms with E-state index in [1.54, 1.807) is 6.92 Å². The summed E-state index contributed by atoms with van der Waals surface area (Å²) in [6, 6.07) is 0.666. The highest BCUT2D eigenvalue weighted by Crippen LogP contribution is 2.43. The van der Waals surface area contributed by atoms with Crippen LogP contribution in [0.4, 0.5) is 23.8 Å². The van der Waals surface area contributed by atoms with Crippen molar-refractivity contribution in [1.82, 2.24) is 25.6 Å². The Kier molecular flexibility index (Phi) is 10.7. The van der Waals surface area contributed by atoms with E-state index in [1.807, 2.05) is 0 Å². The van der Waals surface area contributed by atoms with Crippen molar-refractivity contribution >= 4 is 35.1 Å². The number of anilines is 1. The Balaban J connectivity index is 2.34. The van der Waals surface area contributed by atoms with E-state index in [0.29, 0.717) is 11.3 Å². The Morgan fingerprint density at radius 3 is 2.41 bits per heavy atom. The van der Waals surface area contributed by atoms with Gasteiger partial charge in [-0.1, -0.05) is 0 Å². The molecule has 2 amide bonds. The van der Waals surface area contributed by atoms with Crippen molar-refractivity contribution in [2.45, 2.75) is 19.6 Å². The number of nitrogens with one attached hydrogen (secondary N) is 3. The maximum Gasteiger partial charge on any atom is 0.434 e. The molecule has 3 aromatic rings. The van der Waals surface area contributed by atoms with Crippen molar-refractivity contribution in [3.05, 3.63) is 46.4 Å². The Morgan fingerprint density at radius 2 is 1.78 bits per heavy atom. The summed E-state index contributed by atoms with van der Waals surface area (Å²) in [7, 11) is 3.71. The van der Waals surface area contributed by atoms with Gasteiger partial charge in [0.25, 0.3) is 0 Å². The van der Waals surface area contributed by atoms with Gasteiger partial charge in [0, 0.05) is 62.0 Å². The van der Waals surface area contributed by atoms with Crippen LogP contribution < -0.4 is 16.0 Å². The number of aromatic nitrogens is 3. The summed E-state index contributed by atoms with van der Waals surface area (Å²) in [5, 5.41) is 7.58. The molecule has 16 heteroatoms. The number of hydrogen-bond donors (Lipinski definition) is 3. The molecule has 0 aliphatic rings. The molecule has 0 fully saturated rings. The first-order valence-electron chi connectivity index (χ1n) is 12.0. The normalized spacial score (nSPS) is 11.2. The minimum atomic E-state index is -4.82. The summed E-state index contributed by atoms with van der Waals surface area (Å²) in [5.74, 6) is -1.99. The van der Waals surface area contributed by atoms with Gasteiger partial charge in [0.15, 0.2) is 5.69 Å². The van der Waals surface area contributed by atoms with E-state index >= 15 is 0 Å². The number of methoxy groups -OCH3 is 3. The molecule has 0 aliphatic carbocycles. The second-order valence-electron chi connectivity index (χ2n) is 8.16. The monoisotopic (exact) mass is 596 g/mol. The third-order valence-electron chi connectivity index (χ3n) is 5.46. The molecule has 0 spiro atoms. The van der Waals surface area contributed by atoms with Gasteiger partial charge in [-0.25, -0.2) is 24.4 Å². The number of halogens is 3. The summed E-state index contributed by atoms with van der Waals surface area (Å²) >= 11 is 0.691. The van der Waals surface area contributed by atoms with E-state index in [9.17, 15) is 27.6 Å². The molecule has 3 rings (SSSR count). The molecule has 0 saturated carbocycles. The van der Waals surface area contributed by atoms with E-state index in [-0.39, 0.29) is 69.8 Å². The van der Waals surface area contributed by atoms with E-state index in [1.165, 1.54) is 38.9 Å². The average molecular weight is 597 g/mol. The van der Waals surface area contributed by atoms with Gasteiger partial charge in [-0.05, 0) is 13.0 Å². The molecule has 0 radical (unpaired) electrons. The molecular weight excluding hydrogens is 569 g/mol. The minimum Gasteiger partial charge on any atom is -0.465 e. The summed E-state index contributed by atoms with van der Waals surface area (Å²) in [6.45, 7) is 2.28. The molecule has 41 heavy (non-hydrogen) atoms. The van der Waals surface area contributed by atoms with Gasteiger partial charge in [0.1, 0.15) is 16.4 Å². The summed E-state index contributed by atoms with van der Waals surface area (Å²) in [6.07, 6.45) is -1.02. The predicted octanol–water partition coefficient (Wildman–Crippen LogP) is 3.74. The minimum absolute atomic E-state index is 0.0400. The van der Waals surface area contributed by atoms with E-state index < -0.39 is 29.8 Å². The molecule has 3 N–H and O–H groups in total. The van der Waals surface area contributed by atoms with Gasteiger partial charge < -0.3 is 24.8 Å². The van der Waals surface area contributed by atoms with E-state index in [2.05, 4.69) is 30.9 Å². The first-order chi connectivity index (χ1) is 19.5. The number of rotatable bonds is 11. The zero-order valence-corrected chi connectivity index (χ0v) is 23.3. The maximum absolute atomic E-state index is 14.1. The zero-order chi connectivity index (χ0) is 30.2. The topological polar surface area (TPSA) is 154 Å². The van der Waals surface area contributed by atoms with Crippen molar-refractivity contribution in [3.63, 3.8) is 0 Å². The van der Waals surface area contributed by atoms with Gasteiger partial charge in [0.2, 0.25) is 0 Å². The molecule has 220 valence electrons. The van der Waals surface area contributed by atoms with Crippen molar-refractivity contribution in [1.29, 1.82) is 0 Å². The van der Waals surface area contributed by atoms with E-state index in [4.69, 9.17) is 14.2 Å². The fraction of sp³-hybridized carbons (Fsp3) is 0.360. The quantitative estimate of drug-likeness (QED) is 0.220. The summed E-state index contributed by atoms with van der Waals surface area (Å²) in [4.78, 5) is 49.6. The van der Waals surface area contributed by atoms with E-state index in [0.717, 1.165) is 7.11 Å². The van der Waals surface area contributed by atoms with Crippen LogP contribution in [0.15, 0.2) is 24.7 Å². The van der Waals surface area contributed by atoms with Crippen LogP contribution in [0.25, 0.3) is 21.7 Å². The van der Waals surface area contributed by atoms with Gasteiger partial charge in [-0.3, -0.25) is 10.3 Å². The number of nitrogens with zero attached hydrogens (tertiary/aromatic N) is 3. The number of carbonyl (C=O) groups excluding carboxylic acids is 3. The number of urea groups is 1. The zero-order valence-electron chi connectivity index (χ0n) is 22.5. The summed E-state index contributed by atoms with van der Waals surface area (Å²) < 4.78 is 56.9. The van der Waals surface area contributed by atoms with Crippen LogP contribution in [0.1, 0.15) is 38.2 Å². The van der Waals surface area contributed by atoms with Crippen LogP contribution in [0, 0.1) is 0 Å². The van der Waals surface area contributed by atoms with Crippen molar-refractivity contribution < 1.29 is 41.8 Å². The predicted molar refractivity (Wildman–Crippen MR) is 143 cm³/mol. The Labute approximate surface area is 236 Å². The summed E-state index contributed by atoms with van der Waals surface area (Å²) in [5.41, 5.74) is -1.25. The van der Waals surface area contributed by atoms with Crippen LogP contribution in [-0.4, -0.2) is 73.9 Å². The Morgan fingerprint density at radius 1 is 1.05 bits per heavy atom. The Bertz CT molecular complexity index is 1410. The van der Waals surface area contributed by atoms with Crippen molar-refractivity contribution in [2.24, 2.45) is 0 Å². The SMILES string of the molecule is CCNC(=O)Nc1ncc(-c2cncc(C(=O)OC)c2)c(-c2nc(C(F)(F)F)c(CNCCOC)s2)c1C(=O)OC. The fourth-order valence-corrected chi connectivity index (χ4v) is 4.77. The second kappa shape index (κ2) is 14.0. The number of esters is 2. The molecule has 0 aromatic carbocycles. The highest BCUT2D eigenvalue weighted by molar-refractivity contribution is 7.15. The first kappa shape index (κ1) is 31.4. The smallest absolute Gasteiger partial charge is 0.434 e. The number of amides is 2. The number of hydrogen-bond acceptors (Lipinski definition) is 11. The van der Waals surface area contributed by atoms with Gasteiger partial charge >= 0.3 is 24.1 Å². The average Bonchev–Trinajstić information content (AvgIpc) is 3.39. The van der Waals surface area contributed by atoms with Crippen molar-refractivity contribution in [3.8, 4) is 21.7 Å². The molecular formula is C25H27F3N6O6S. The van der Waals surface area contributed by atoms with Gasteiger partial charge in [-0.15, -0.1) is 11.3 Å². The molecule has 0 saturated heterocycles. The largest absolute Gasteiger partial charge is 0.465 e. The lowest BCUT2D eigenvalue weighted by Gasteiger charge is -2.16. The lowest BCUT2D eigenvalue weighted by molar-refractivity contribution is -0.141. The number of alkyl halides is 3. The fourth-order valence-electron chi connectivity index (χ4n) is 3.65. The molecule has 12 nitrogen and oxygen atoms in total. The highest BCUT2D eigenvalue weighted by atomic mass is 32.1. The molecule has 0 atom stereocenters. The van der Waals surface area contributed by atoms with Crippen LogP contribution in [0.2, 0.25) is 0 Å². The van der Waals surface area contributed by atoms with Crippen LogP contribution >= 0.6 is 11.3 Å². The molecule has 3 heterocycles. The maximum atomic E-state index is 14.1. The highest BCUT2D eigenvalue weighted by Gasteiger charge is 2.38. The van der Waals surface area contributed by atoms with Crippen LogP contribution in [0.3, 0.4) is 0 Å².